The van der Waals surface area contributed by atoms with Crippen LogP contribution in [-0.4, -0.2) is 23.0 Å². The van der Waals surface area contributed by atoms with Crippen LogP contribution in [0, 0.1) is 5.92 Å². The normalized spacial score (nSPS) is 28.3. The molecule has 0 spiro atoms. The molecule has 100 valence electrons. The number of carboxylic acids is 1. The van der Waals surface area contributed by atoms with Gasteiger partial charge in [0.25, 0.3) is 0 Å². The van der Waals surface area contributed by atoms with Crippen LogP contribution in [0.4, 0.5) is 0 Å². The van der Waals surface area contributed by atoms with Gasteiger partial charge in [-0.1, -0.05) is 24.3 Å². The van der Waals surface area contributed by atoms with Crippen LogP contribution in [0.1, 0.15) is 36.3 Å². The predicted molar refractivity (Wildman–Crippen MR) is 69.8 cm³/mol. The first-order valence-electron chi connectivity index (χ1n) is 6.76. The van der Waals surface area contributed by atoms with Crippen LogP contribution >= 0.6 is 0 Å². The summed E-state index contributed by atoms with van der Waals surface area (Å²) >= 11 is 0. The lowest BCUT2D eigenvalue weighted by Crippen LogP contribution is -2.40. The number of carbonyl (C=O) groups excluding carboxylic acids is 1. The first-order chi connectivity index (χ1) is 9.15. The van der Waals surface area contributed by atoms with E-state index in [0.29, 0.717) is 12.8 Å². The van der Waals surface area contributed by atoms with Gasteiger partial charge in [-0.3, -0.25) is 9.59 Å². The Morgan fingerprint density at radius 2 is 2.00 bits per heavy atom. The summed E-state index contributed by atoms with van der Waals surface area (Å²) in [7, 11) is 0. The summed E-state index contributed by atoms with van der Waals surface area (Å²) in [5.41, 5.74) is 2.37. The molecule has 2 aliphatic rings. The number of benzene rings is 1. The molecule has 2 aliphatic carbocycles. The van der Waals surface area contributed by atoms with Gasteiger partial charge >= 0.3 is 5.97 Å². The van der Waals surface area contributed by atoms with E-state index in [1.54, 1.807) is 0 Å². The lowest BCUT2D eigenvalue weighted by molar-refractivity contribution is -0.141. The van der Waals surface area contributed by atoms with E-state index in [1.807, 2.05) is 18.2 Å². The van der Waals surface area contributed by atoms with Gasteiger partial charge in [0, 0.05) is 6.04 Å². The molecule has 0 heterocycles. The van der Waals surface area contributed by atoms with Crippen molar-refractivity contribution in [2.24, 2.45) is 5.92 Å². The van der Waals surface area contributed by atoms with E-state index in [1.165, 1.54) is 5.56 Å². The molecular formula is C15H17NO3. The zero-order valence-electron chi connectivity index (χ0n) is 10.6. The molecule has 0 radical (unpaired) electrons. The number of amides is 1. The molecule has 3 rings (SSSR count). The maximum absolute atomic E-state index is 12.2. The monoisotopic (exact) mass is 259 g/mol. The van der Waals surface area contributed by atoms with Gasteiger partial charge in [-0.05, 0) is 36.8 Å². The molecule has 0 bridgehead atoms. The van der Waals surface area contributed by atoms with Crippen molar-refractivity contribution in [3.05, 3.63) is 35.4 Å². The number of nitrogens with one attached hydrogen (secondary N) is 1. The lowest BCUT2D eigenvalue weighted by atomic mass is 9.77. The first-order valence-corrected chi connectivity index (χ1v) is 6.76. The summed E-state index contributed by atoms with van der Waals surface area (Å²) in [5.74, 6) is -1.03. The predicted octanol–water partition coefficient (Wildman–Crippen LogP) is 1.70. The molecule has 1 amide bonds. The number of carboxylic acid groups (broad SMARTS) is 1. The first kappa shape index (κ1) is 12.2. The molecule has 0 aromatic heterocycles. The quantitative estimate of drug-likeness (QED) is 0.868. The van der Waals surface area contributed by atoms with E-state index >= 15 is 0 Å². The minimum absolute atomic E-state index is 0.0290. The fourth-order valence-electron chi connectivity index (χ4n) is 3.13. The Balaban J connectivity index is 1.58. The highest BCUT2D eigenvalue weighted by atomic mass is 16.4. The Morgan fingerprint density at radius 1 is 1.21 bits per heavy atom. The average molecular weight is 259 g/mol. The number of fused-ring (bicyclic) bond motifs is 1. The summed E-state index contributed by atoms with van der Waals surface area (Å²) in [6.07, 6.45) is 2.81. The van der Waals surface area contributed by atoms with Gasteiger partial charge in [0.2, 0.25) is 5.91 Å². The second-order valence-corrected chi connectivity index (χ2v) is 5.51. The number of hydrogen-bond acceptors (Lipinski definition) is 2. The minimum Gasteiger partial charge on any atom is -0.481 e. The third kappa shape index (κ3) is 2.23. The second kappa shape index (κ2) is 4.68. The van der Waals surface area contributed by atoms with E-state index in [0.717, 1.165) is 18.4 Å². The molecule has 1 fully saturated rings. The molecule has 4 nitrogen and oxygen atoms in total. The maximum Gasteiger partial charge on any atom is 0.306 e. The molecule has 19 heavy (non-hydrogen) atoms. The molecule has 3 unspecified atom stereocenters. The van der Waals surface area contributed by atoms with Gasteiger partial charge in [-0.25, -0.2) is 0 Å². The number of carbonyl (C=O) groups is 2. The Bertz CT molecular complexity index is 526. The fourth-order valence-corrected chi connectivity index (χ4v) is 3.13. The molecule has 1 aromatic carbocycles. The van der Waals surface area contributed by atoms with Crippen LogP contribution < -0.4 is 5.32 Å². The maximum atomic E-state index is 12.2. The zero-order chi connectivity index (χ0) is 13.4. The van der Waals surface area contributed by atoms with Crippen LogP contribution in [0.5, 0.6) is 0 Å². The van der Waals surface area contributed by atoms with Crippen LogP contribution in [0.3, 0.4) is 0 Å². The molecule has 4 heteroatoms. The van der Waals surface area contributed by atoms with Crippen molar-refractivity contribution >= 4 is 11.9 Å². The zero-order valence-corrected chi connectivity index (χ0v) is 10.6. The summed E-state index contributed by atoms with van der Waals surface area (Å²) in [4.78, 5) is 23.0. The summed E-state index contributed by atoms with van der Waals surface area (Å²) in [6.45, 7) is 0. The highest BCUT2D eigenvalue weighted by Crippen LogP contribution is 2.35. The molecule has 1 aromatic rings. The van der Waals surface area contributed by atoms with Gasteiger partial charge in [-0.15, -0.1) is 0 Å². The van der Waals surface area contributed by atoms with Crippen molar-refractivity contribution in [3.63, 3.8) is 0 Å². The van der Waals surface area contributed by atoms with Crippen LogP contribution in [-0.2, 0) is 16.0 Å². The Labute approximate surface area is 111 Å². The molecular weight excluding hydrogens is 242 g/mol. The van der Waals surface area contributed by atoms with Crippen molar-refractivity contribution in [1.82, 2.24) is 5.32 Å². The van der Waals surface area contributed by atoms with E-state index in [-0.39, 0.29) is 23.8 Å². The van der Waals surface area contributed by atoms with E-state index in [2.05, 4.69) is 11.4 Å². The standard InChI is InChI=1S/C15H17NO3/c17-14(13-8-9-3-1-2-4-12(9)13)16-11-6-5-10(7-11)15(18)19/h1-4,10-11,13H,5-8H2,(H,16,17)(H,18,19). The van der Waals surface area contributed by atoms with E-state index in [9.17, 15) is 9.59 Å². The van der Waals surface area contributed by atoms with Gasteiger partial charge < -0.3 is 10.4 Å². The molecule has 0 saturated heterocycles. The Hall–Kier alpha value is -1.84. The SMILES string of the molecule is O=C(O)C1CCC(NC(=O)C2Cc3ccccc32)C1. The molecule has 2 N–H and O–H groups in total. The molecule has 1 saturated carbocycles. The highest BCUT2D eigenvalue weighted by Gasteiger charge is 2.35. The Morgan fingerprint density at radius 3 is 2.68 bits per heavy atom. The van der Waals surface area contributed by atoms with Crippen LogP contribution in [0.15, 0.2) is 24.3 Å². The third-order valence-electron chi connectivity index (χ3n) is 4.30. The van der Waals surface area contributed by atoms with Crippen molar-refractivity contribution in [3.8, 4) is 0 Å². The third-order valence-corrected chi connectivity index (χ3v) is 4.30. The summed E-state index contributed by atoms with van der Waals surface area (Å²) < 4.78 is 0. The van der Waals surface area contributed by atoms with Gasteiger partial charge in [-0.2, -0.15) is 0 Å². The Kier molecular flexibility index (Phi) is 3.01. The van der Waals surface area contributed by atoms with E-state index in [4.69, 9.17) is 5.11 Å². The largest absolute Gasteiger partial charge is 0.481 e. The number of aliphatic carboxylic acids is 1. The van der Waals surface area contributed by atoms with Crippen molar-refractivity contribution in [2.45, 2.75) is 37.6 Å². The van der Waals surface area contributed by atoms with Crippen molar-refractivity contribution in [1.29, 1.82) is 0 Å². The van der Waals surface area contributed by atoms with Crippen molar-refractivity contribution in [2.75, 3.05) is 0 Å². The van der Waals surface area contributed by atoms with Gasteiger partial charge in [0.15, 0.2) is 0 Å². The number of hydrogen-bond donors (Lipinski definition) is 2. The topological polar surface area (TPSA) is 66.4 Å². The van der Waals surface area contributed by atoms with Crippen LogP contribution in [0.25, 0.3) is 0 Å². The summed E-state index contributed by atoms with van der Waals surface area (Å²) in [6, 6.07) is 8.02. The fraction of sp³-hybridized carbons (Fsp3) is 0.467. The van der Waals surface area contributed by atoms with Crippen molar-refractivity contribution < 1.29 is 14.7 Å². The van der Waals surface area contributed by atoms with Crippen LogP contribution in [0.2, 0.25) is 0 Å². The second-order valence-electron chi connectivity index (χ2n) is 5.51. The number of rotatable bonds is 3. The summed E-state index contributed by atoms with van der Waals surface area (Å²) in [5, 5.41) is 12.0. The van der Waals surface area contributed by atoms with Gasteiger partial charge in [0.1, 0.15) is 0 Å². The lowest BCUT2D eigenvalue weighted by Gasteiger charge is -2.30. The molecule has 3 atom stereocenters. The smallest absolute Gasteiger partial charge is 0.306 e. The minimum atomic E-state index is -0.745. The van der Waals surface area contributed by atoms with E-state index < -0.39 is 5.97 Å². The van der Waals surface area contributed by atoms with Gasteiger partial charge in [0.05, 0.1) is 11.8 Å². The highest BCUT2D eigenvalue weighted by molar-refractivity contribution is 5.87. The average Bonchev–Trinajstić information content (AvgIpc) is 2.79. The molecule has 0 aliphatic heterocycles.